The maximum Gasteiger partial charge on any atom is 0.417 e. The number of halogens is 5. The number of benzene rings is 1. The fourth-order valence-electron chi connectivity index (χ4n) is 2.67. The molecule has 1 atom stereocenters. The first-order chi connectivity index (χ1) is 15.0. The van der Waals surface area contributed by atoms with Gasteiger partial charge in [-0.05, 0) is 18.2 Å². The number of nitrogens with one attached hydrogen (secondary N) is 1. The van der Waals surface area contributed by atoms with Gasteiger partial charge in [-0.2, -0.15) is 13.2 Å². The predicted octanol–water partition coefficient (Wildman–Crippen LogP) is 5.47. The lowest BCUT2D eigenvalue weighted by Crippen LogP contribution is -2.12. The molecule has 3 aromatic rings. The van der Waals surface area contributed by atoms with Gasteiger partial charge in [-0.25, -0.2) is 15.0 Å². The molecule has 0 aliphatic rings. The second-order valence-corrected chi connectivity index (χ2v) is 8.51. The van der Waals surface area contributed by atoms with Crippen molar-refractivity contribution in [3.63, 3.8) is 0 Å². The van der Waals surface area contributed by atoms with Gasteiger partial charge in [0.1, 0.15) is 27.7 Å². The van der Waals surface area contributed by atoms with Crippen LogP contribution in [0, 0.1) is 0 Å². The zero-order valence-corrected chi connectivity index (χ0v) is 18.5. The van der Waals surface area contributed by atoms with E-state index in [4.69, 9.17) is 28.9 Å². The minimum atomic E-state index is -4.66. The highest BCUT2D eigenvalue weighted by Gasteiger charge is 2.33. The van der Waals surface area contributed by atoms with Gasteiger partial charge in [0.15, 0.2) is 5.78 Å². The molecule has 0 radical (unpaired) electrons. The van der Waals surface area contributed by atoms with E-state index in [0.29, 0.717) is 5.01 Å². The summed E-state index contributed by atoms with van der Waals surface area (Å²) in [6.07, 6.45) is -2.25. The molecule has 168 valence electrons. The third-order valence-corrected chi connectivity index (χ3v) is 6.20. The number of rotatable bonds is 6. The summed E-state index contributed by atoms with van der Waals surface area (Å²) in [7, 11) is 0. The van der Waals surface area contributed by atoms with Crippen molar-refractivity contribution in [1.29, 1.82) is 0 Å². The molecule has 7 nitrogen and oxygen atoms in total. The molecule has 0 bridgehead atoms. The molecule has 1 unspecified atom stereocenters. The molecule has 13 heteroatoms. The van der Waals surface area contributed by atoms with Crippen molar-refractivity contribution in [2.75, 3.05) is 11.1 Å². The molecule has 2 aromatic heterocycles. The van der Waals surface area contributed by atoms with Gasteiger partial charge in [-0.1, -0.05) is 30.1 Å². The Morgan fingerprint density at radius 2 is 1.94 bits per heavy atom. The topological polar surface area (TPSA) is 111 Å². The minimum Gasteiger partial charge on any atom is -0.382 e. The largest absolute Gasteiger partial charge is 0.417 e. The van der Waals surface area contributed by atoms with Gasteiger partial charge in [-0.3, -0.25) is 9.59 Å². The van der Waals surface area contributed by atoms with Crippen LogP contribution in [-0.4, -0.2) is 26.6 Å². The quantitative estimate of drug-likeness (QED) is 0.431. The Bertz CT molecular complexity index is 1190. The van der Waals surface area contributed by atoms with Crippen LogP contribution in [0.1, 0.15) is 50.0 Å². The number of thiazole rings is 1. The smallest absolute Gasteiger partial charge is 0.382 e. The number of anilines is 2. The highest BCUT2D eigenvalue weighted by atomic mass is 35.5. The highest BCUT2D eigenvalue weighted by Crippen LogP contribution is 2.36. The Morgan fingerprint density at radius 1 is 1.22 bits per heavy atom. The zero-order chi connectivity index (χ0) is 23.6. The molecule has 32 heavy (non-hydrogen) atoms. The molecule has 0 aliphatic heterocycles. The van der Waals surface area contributed by atoms with Crippen molar-refractivity contribution >= 4 is 57.7 Å². The van der Waals surface area contributed by atoms with Crippen LogP contribution >= 0.6 is 34.5 Å². The average molecular weight is 504 g/mol. The SMILES string of the molecule is CC(CC(=O)c1ncnc(N)c1Cl)c1ncc(C(=O)Nc2ccc(Cl)c(C(F)(F)F)c2)s1. The van der Waals surface area contributed by atoms with E-state index in [1.54, 1.807) is 6.92 Å². The van der Waals surface area contributed by atoms with Crippen molar-refractivity contribution in [1.82, 2.24) is 15.0 Å². The van der Waals surface area contributed by atoms with Gasteiger partial charge < -0.3 is 11.1 Å². The number of carbonyl (C=O) groups is 2. The first-order valence-electron chi connectivity index (χ1n) is 8.90. The Labute approximate surface area is 193 Å². The van der Waals surface area contributed by atoms with Gasteiger partial charge in [0.25, 0.3) is 5.91 Å². The normalized spacial score (nSPS) is 12.4. The molecule has 0 saturated heterocycles. The number of nitrogens with two attached hydrogens (primary N) is 1. The maximum absolute atomic E-state index is 13.0. The molecule has 1 aromatic carbocycles. The third-order valence-electron chi connectivity index (χ3n) is 4.27. The molecule has 3 N–H and O–H groups in total. The third kappa shape index (κ3) is 5.34. The van der Waals surface area contributed by atoms with Gasteiger partial charge in [0.05, 0.1) is 21.8 Å². The van der Waals surface area contributed by atoms with Crippen LogP contribution in [0.25, 0.3) is 0 Å². The summed E-state index contributed by atoms with van der Waals surface area (Å²) in [5.74, 6) is -1.41. The molecule has 2 heterocycles. The Kier molecular flexibility index (Phi) is 7.01. The first-order valence-corrected chi connectivity index (χ1v) is 10.5. The molecule has 3 rings (SSSR count). The van der Waals surface area contributed by atoms with E-state index < -0.39 is 22.7 Å². The van der Waals surface area contributed by atoms with E-state index in [1.165, 1.54) is 12.3 Å². The van der Waals surface area contributed by atoms with Crippen LogP contribution in [0.3, 0.4) is 0 Å². The number of amides is 1. The van der Waals surface area contributed by atoms with Gasteiger partial charge in [0.2, 0.25) is 0 Å². The van der Waals surface area contributed by atoms with Crippen LogP contribution in [0.5, 0.6) is 0 Å². The second kappa shape index (κ2) is 9.39. The number of carbonyl (C=O) groups excluding carboxylic acids is 2. The molecule has 0 aliphatic carbocycles. The predicted molar refractivity (Wildman–Crippen MR) is 115 cm³/mol. The van der Waals surface area contributed by atoms with E-state index >= 15 is 0 Å². The molecule has 0 fully saturated rings. The molecule has 0 spiro atoms. The highest BCUT2D eigenvalue weighted by molar-refractivity contribution is 7.13. The van der Waals surface area contributed by atoms with Crippen LogP contribution in [0.15, 0.2) is 30.7 Å². The van der Waals surface area contributed by atoms with E-state index in [0.717, 1.165) is 29.8 Å². The summed E-state index contributed by atoms with van der Waals surface area (Å²) < 4.78 is 39.0. The van der Waals surface area contributed by atoms with E-state index in [2.05, 4.69) is 20.3 Å². The van der Waals surface area contributed by atoms with Crippen LogP contribution < -0.4 is 11.1 Å². The number of ketones is 1. The number of nitrogens with zero attached hydrogens (tertiary/aromatic N) is 3. The van der Waals surface area contributed by atoms with Gasteiger partial charge in [0, 0.05) is 18.0 Å². The van der Waals surface area contributed by atoms with Crippen LogP contribution in [0.2, 0.25) is 10.0 Å². The summed E-state index contributed by atoms with van der Waals surface area (Å²) in [4.78, 5) is 36.8. The Balaban J connectivity index is 1.70. The number of Topliss-reactive ketones (excluding diaryl/α,β-unsaturated/α-hetero) is 1. The van der Waals surface area contributed by atoms with Crippen LogP contribution in [0.4, 0.5) is 24.7 Å². The second-order valence-electron chi connectivity index (χ2n) is 6.66. The molecule has 0 saturated carbocycles. The van der Waals surface area contributed by atoms with E-state index in [1.807, 2.05) is 0 Å². The number of aromatic nitrogens is 3. The minimum absolute atomic E-state index is 0.00310. The number of nitrogen functional groups attached to an aromatic ring is 1. The monoisotopic (exact) mass is 503 g/mol. The number of hydrogen-bond acceptors (Lipinski definition) is 7. The lowest BCUT2D eigenvalue weighted by Gasteiger charge is -2.11. The van der Waals surface area contributed by atoms with Gasteiger partial charge in [-0.15, -0.1) is 11.3 Å². The Hall–Kier alpha value is -2.76. The van der Waals surface area contributed by atoms with E-state index in [9.17, 15) is 22.8 Å². The first kappa shape index (κ1) is 23.9. The lowest BCUT2D eigenvalue weighted by molar-refractivity contribution is -0.137. The number of alkyl halides is 3. The summed E-state index contributed by atoms with van der Waals surface area (Å²) in [6, 6.07) is 3.06. The van der Waals surface area contributed by atoms with Gasteiger partial charge >= 0.3 is 6.18 Å². The lowest BCUT2D eigenvalue weighted by atomic mass is 10.0. The summed E-state index contributed by atoms with van der Waals surface area (Å²) in [5.41, 5.74) is 4.45. The van der Waals surface area contributed by atoms with Crippen molar-refractivity contribution in [3.05, 3.63) is 61.9 Å². The number of hydrogen-bond donors (Lipinski definition) is 2. The fraction of sp³-hybridized carbons (Fsp3) is 0.211. The van der Waals surface area contributed by atoms with E-state index in [-0.39, 0.29) is 45.2 Å². The van der Waals surface area contributed by atoms with Crippen molar-refractivity contribution in [2.45, 2.75) is 25.4 Å². The van der Waals surface area contributed by atoms with Crippen LogP contribution in [-0.2, 0) is 6.18 Å². The Morgan fingerprint density at radius 3 is 2.62 bits per heavy atom. The summed E-state index contributed by atoms with van der Waals surface area (Å²) >= 11 is 12.6. The standard InChI is InChI=1S/C19H14Cl2F3N5O2S/c1-8(4-12(30)15-14(21)16(25)28-7-27-15)18-26-6-13(32-18)17(31)29-9-2-3-11(20)10(5-9)19(22,23)24/h2-3,5-8H,4H2,1H3,(H,29,31)(H2,25,27,28). The molecule has 1 amide bonds. The van der Waals surface area contributed by atoms with Crippen molar-refractivity contribution in [2.24, 2.45) is 0 Å². The molecular weight excluding hydrogens is 490 g/mol. The zero-order valence-electron chi connectivity index (χ0n) is 16.2. The maximum atomic E-state index is 13.0. The van der Waals surface area contributed by atoms with Crippen molar-refractivity contribution < 1.29 is 22.8 Å². The average Bonchev–Trinajstić information content (AvgIpc) is 3.21. The summed E-state index contributed by atoms with van der Waals surface area (Å²) in [6.45, 7) is 1.73. The van der Waals surface area contributed by atoms with Crippen molar-refractivity contribution in [3.8, 4) is 0 Å². The fourth-order valence-corrected chi connectivity index (χ4v) is 3.97. The molecular formula is C19H14Cl2F3N5O2S. The summed E-state index contributed by atoms with van der Waals surface area (Å²) in [5, 5.41) is 2.36.